The molecule has 166 valence electrons. The Morgan fingerprint density at radius 3 is 2.65 bits per heavy atom. The highest BCUT2D eigenvalue weighted by atomic mass is 16.3. The Bertz CT molecular complexity index is 874. The van der Waals surface area contributed by atoms with Gasteiger partial charge in [-0.1, -0.05) is 24.3 Å². The normalized spacial score (nSPS) is 18.0. The Labute approximate surface area is 184 Å². The lowest BCUT2D eigenvalue weighted by Crippen LogP contribution is -2.43. The van der Waals surface area contributed by atoms with Gasteiger partial charge in [0.05, 0.1) is 12.3 Å². The van der Waals surface area contributed by atoms with Gasteiger partial charge in [0.15, 0.2) is 5.96 Å². The Balaban J connectivity index is 1.36. The first-order valence-corrected chi connectivity index (χ1v) is 11.4. The van der Waals surface area contributed by atoms with E-state index in [1.54, 1.807) is 6.26 Å². The Morgan fingerprint density at radius 2 is 1.90 bits per heavy atom. The van der Waals surface area contributed by atoms with Crippen molar-refractivity contribution in [1.82, 2.24) is 20.4 Å². The summed E-state index contributed by atoms with van der Waals surface area (Å²) in [7, 11) is 0. The summed E-state index contributed by atoms with van der Waals surface area (Å²) in [5, 5.41) is 6.69. The number of rotatable bonds is 7. The third-order valence-corrected chi connectivity index (χ3v) is 6.12. The monoisotopic (exact) mass is 423 g/mol. The van der Waals surface area contributed by atoms with Gasteiger partial charge in [0.25, 0.3) is 0 Å². The van der Waals surface area contributed by atoms with Crippen LogP contribution in [0.3, 0.4) is 0 Å². The molecule has 1 unspecified atom stereocenters. The second-order valence-corrected chi connectivity index (χ2v) is 8.18. The quantitative estimate of drug-likeness (QED) is 0.529. The molecular weight excluding hydrogens is 390 g/mol. The van der Waals surface area contributed by atoms with E-state index in [1.807, 2.05) is 30.0 Å². The van der Waals surface area contributed by atoms with Crippen LogP contribution in [0.25, 0.3) is 0 Å². The molecule has 0 saturated carbocycles. The van der Waals surface area contributed by atoms with Gasteiger partial charge < -0.3 is 20.0 Å². The van der Waals surface area contributed by atoms with Crippen LogP contribution in [0.15, 0.2) is 52.1 Å². The fraction of sp³-hybridized carbons (Fsp3) is 0.500. The first kappa shape index (κ1) is 21.4. The summed E-state index contributed by atoms with van der Waals surface area (Å²) >= 11 is 0. The standard InChI is InChI=1S/C24H33N5O2/c1-2-25-24(26-16-21(22-10-7-15-31-22)28-12-5-6-13-28)27-17-23(30)29-14-11-19-8-3-4-9-20(19)18-29/h3-4,7-10,15,21H,2,5-6,11-14,16-18H2,1H3,(H2,25,26,27). The maximum Gasteiger partial charge on any atom is 0.244 e. The molecule has 2 N–H and O–H groups in total. The third kappa shape index (κ3) is 5.47. The van der Waals surface area contributed by atoms with Crippen LogP contribution in [-0.2, 0) is 17.8 Å². The van der Waals surface area contributed by atoms with Crippen molar-refractivity contribution in [3.8, 4) is 0 Å². The van der Waals surface area contributed by atoms with Crippen LogP contribution >= 0.6 is 0 Å². The number of aliphatic imine (C=N–C) groups is 1. The fourth-order valence-electron chi connectivity index (χ4n) is 4.43. The molecule has 0 aliphatic carbocycles. The molecule has 1 atom stereocenters. The number of fused-ring (bicyclic) bond motifs is 1. The SMILES string of the molecule is CCNC(=NCC(=O)N1CCc2ccccc2C1)NCC(c1ccco1)N1CCCC1. The molecule has 0 radical (unpaired) electrons. The van der Waals surface area contributed by atoms with Crippen LogP contribution in [0.1, 0.15) is 42.7 Å². The molecule has 2 aliphatic heterocycles. The Morgan fingerprint density at radius 1 is 1.10 bits per heavy atom. The molecule has 1 saturated heterocycles. The van der Waals surface area contributed by atoms with E-state index in [0.29, 0.717) is 19.0 Å². The van der Waals surface area contributed by atoms with Gasteiger partial charge in [-0.3, -0.25) is 9.69 Å². The highest BCUT2D eigenvalue weighted by molar-refractivity contribution is 5.85. The van der Waals surface area contributed by atoms with Gasteiger partial charge >= 0.3 is 0 Å². The van der Waals surface area contributed by atoms with Gasteiger partial charge in [0.1, 0.15) is 12.3 Å². The molecule has 0 bridgehead atoms. The topological polar surface area (TPSA) is 73.1 Å². The number of nitrogens with zero attached hydrogens (tertiary/aromatic N) is 3. The minimum Gasteiger partial charge on any atom is -0.468 e. The summed E-state index contributed by atoms with van der Waals surface area (Å²) in [6.07, 6.45) is 5.08. The van der Waals surface area contributed by atoms with Crippen molar-refractivity contribution in [2.24, 2.45) is 4.99 Å². The Kier molecular flexibility index (Phi) is 7.25. The summed E-state index contributed by atoms with van der Waals surface area (Å²) in [6, 6.07) is 12.5. The first-order valence-electron chi connectivity index (χ1n) is 11.4. The van der Waals surface area contributed by atoms with E-state index in [2.05, 4.69) is 38.7 Å². The van der Waals surface area contributed by atoms with Crippen LogP contribution in [0.5, 0.6) is 0 Å². The van der Waals surface area contributed by atoms with Crippen molar-refractivity contribution in [2.45, 2.75) is 38.8 Å². The van der Waals surface area contributed by atoms with E-state index >= 15 is 0 Å². The van der Waals surface area contributed by atoms with Gasteiger partial charge in [-0.15, -0.1) is 0 Å². The minimum atomic E-state index is 0.0637. The molecule has 1 aromatic heterocycles. The summed E-state index contributed by atoms with van der Waals surface area (Å²) in [6.45, 7) is 7.19. The molecule has 2 aromatic rings. The van der Waals surface area contributed by atoms with Gasteiger partial charge in [-0.2, -0.15) is 0 Å². The number of hydrogen-bond acceptors (Lipinski definition) is 4. The molecular formula is C24H33N5O2. The number of benzene rings is 1. The number of carbonyl (C=O) groups is 1. The molecule has 1 aromatic carbocycles. The maximum atomic E-state index is 12.8. The predicted octanol–water partition coefficient (Wildman–Crippen LogP) is 2.56. The van der Waals surface area contributed by atoms with Gasteiger partial charge in [0.2, 0.25) is 5.91 Å². The number of amides is 1. The van der Waals surface area contributed by atoms with Crippen LogP contribution in [0.4, 0.5) is 0 Å². The smallest absolute Gasteiger partial charge is 0.244 e. The van der Waals surface area contributed by atoms with E-state index < -0.39 is 0 Å². The second kappa shape index (κ2) is 10.5. The van der Waals surface area contributed by atoms with Crippen molar-refractivity contribution >= 4 is 11.9 Å². The zero-order valence-electron chi connectivity index (χ0n) is 18.3. The average Bonchev–Trinajstić information content (AvgIpc) is 3.52. The number of guanidine groups is 1. The van der Waals surface area contributed by atoms with Crippen molar-refractivity contribution in [2.75, 3.05) is 39.3 Å². The first-order chi connectivity index (χ1) is 15.2. The molecule has 3 heterocycles. The van der Waals surface area contributed by atoms with Crippen molar-refractivity contribution in [3.05, 3.63) is 59.5 Å². The largest absolute Gasteiger partial charge is 0.468 e. The second-order valence-electron chi connectivity index (χ2n) is 8.18. The van der Waals surface area contributed by atoms with Crippen molar-refractivity contribution in [3.63, 3.8) is 0 Å². The van der Waals surface area contributed by atoms with E-state index in [-0.39, 0.29) is 18.5 Å². The summed E-state index contributed by atoms with van der Waals surface area (Å²) in [5.41, 5.74) is 2.58. The molecule has 1 fully saturated rings. The molecule has 7 nitrogen and oxygen atoms in total. The van der Waals surface area contributed by atoms with Crippen LogP contribution in [0, 0.1) is 0 Å². The van der Waals surface area contributed by atoms with Gasteiger partial charge in [-0.05, 0) is 62.5 Å². The fourth-order valence-corrected chi connectivity index (χ4v) is 4.43. The van der Waals surface area contributed by atoms with Gasteiger partial charge in [-0.25, -0.2) is 4.99 Å². The Hall–Kier alpha value is -2.80. The molecule has 31 heavy (non-hydrogen) atoms. The van der Waals surface area contributed by atoms with E-state index in [4.69, 9.17) is 4.42 Å². The van der Waals surface area contributed by atoms with E-state index in [9.17, 15) is 4.79 Å². The van der Waals surface area contributed by atoms with Crippen LogP contribution < -0.4 is 10.6 Å². The maximum absolute atomic E-state index is 12.8. The third-order valence-electron chi connectivity index (χ3n) is 6.12. The predicted molar refractivity (Wildman–Crippen MR) is 122 cm³/mol. The minimum absolute atomic E-state index is 0.0637. The van der Waals surface area contributed by atoms with Crippen LogP contribution in [0.2, 0.25) is 0 Å². The number of likely N-dealkylation sites (tertiary alicyclic amines) is 1. The summed E-state index contributed by atoms with van der Waals surface area (Å²) < 4.78 is 5.70. The molecule has 4 rings (SSSR count). The highest BCUT2D eigenvalue weighted by Crippen LogP contribution is 2.25. The zero-order valence-corrected chi connectivity index (χ0v) is 18.3. The molecule has 0 spiro atoms. The summed E-state index contributed by atoms with van der Waals surface area (Å²) in [4.78, 5) is 21.7. The lowest BCUT2D eigenvalue weighted by atomic mass is 10.00. The molecule has 1 amide bonds. The number of hydrogen-bond donors (Lipinski definition) is 2. The number of nitrogens with one attached hydrogen (secondary N) is 2. The number of carbonyl (C=O) groups excluding carboxylic acids is 1. The molecule has 7 heteroatoms. The average molecular weight is 424 g/mol. The number of furan rings is 1. The lowest BCUT2D eigenvalue weighted by molar-refractivity contribution is -0.130. The lowest BCUT2D eigenvalue weighted by Gasteiger charge is -2.28. The van der Waals surface area contributed by atoms with E-state index in [0.717, 1.165) is 38.4 Å². The highest BCUT2D eigenvalue weighted by Gasteiger charge is 2.26. The van der Waals surface area contributed by atoms with Crippen LogP contribution in [-0.4, -0.2) is 60.9 Å². The van der Waals surface area contributed by atoms with Crippen molar-refractivity contribution < 1.29 is 9.21 Å². The molecule has 2 aliphatic rings. The summed E-state index contributed by atoms with van der Waals surface area (Å²) in [5.74, 6) is 1.70. The zero-order chi connectivity index (χ0) is 21.5. The van der Waals surface area contributed by atoms with E-state index in [1.165, 1.54) is 24.0 Å². The van der Waals surface area contributed by atoms with Gasteiger partial charge in [0, 0.05) is 26.2 Å². The van der Waals surface area contributed by atoms with Crippen molar-refractivity contribution in [1.29, 1.82) is 0 Å².